The minimum atomic E-state index is -3.90. The summed E-state index contributed by atoms with van der Waals surface area (Å²) < 4.78 is 45.9. The normalized spacial score (nSPS) is 12.9. The van der Waals surface area contributed by atoms with Gasteiger partial charge < -0.3 is 4.74 Å². The monoisotopic (exact) mass is 323 g/mol. The number of rotatable bonds is 6. The molecule has 0 radical (unpaired) electrons. The first-order valence-electron chi connectivity index (χ1n) is 6.86. The van der Waals surface area contributed by atoms with Gasteiger partial charge in [0.1, 0.15) is 22.6 Å². The van der Waals surface area contributed by atoms with Crippen molar-refractivity contribution in [3.63, 3.8) is 0 Å². The van der Waals surface area contributed by atoms with Crippen molar-refractivity contribution in [2.75, 3.05) is 6.54 Å². The van der Waals surface area contributed by atoms with Crippen molar-refractivity contribution < 1.29 is 17.5 Å². The van der Waals surface area contributed by atoms with Crippen molar-refractivity contribution >= 4 is 10.0 Å². The Morgan fingerprint density at radius 2 is 1.86 bits per heavy atom. The van der Waals surface area contributed by atoms with E-state index in [1.54, 1.807) is 32.0 Å². The van der Waals surface area contributed by atoms with Crippen LogP contribution in [0.1, 0.15) is 12.5 Å². The zero-order valence-electron chi connectivity index (χ0n) is 12.4. The molecule has 1 atom stereocenters. The van der Waals surface area contributed by atoms with E-state index in [0.29, 0.717) is 11.3 Å². The van der Waals surface area contributed by atoms with E-state index in [1.807, 2.05) is 18.2 Å². The van der Waals surface area contributed by atoms with Crippen molar-refractivity contribution in [2.24, 2.45) is 0 Å². The number of nitrogens with one attached hydrogen (secondary N) is 1. The summed E-state index contributed by atoms with van der Waals surface area (Å²) in [6.45, 7) is 3.48. The second kappa shape index (κ2) is 6.89. The Hall–Kier alpha value is -1.92. The van der Waals surface area contributed by atoms with Gasteiger partial charge in [0.2, 0.25) is 10.0 Å². The molecule has 22 heavy (non-hydrogen) atoms. The molecule has 0 bridgehead atoms. The summed E-state index contributed by atoms with van der Waals surface area (Å²) in [5.41, 5.74) is 0.664. The third-order valence-corrected chi connectivity index (χ3v) is 4.48. The molecule has 1 unspecified atom stereocenters. The number of halogens is 1. The van der Waals surface area contributed by atoms with E-state index in [1.165, 1.54) is 12.1 Å². The lowest BCUT2D eigenvalue weighted by Gasteiger charge is -2.15. The molecule has 2 aromatic rings. The van der Waals surface area contributed by atoms with Crippen LogP contribution in [0, 0.1) is 12.7 Å². The van der Waals surface area contributed by atoms with Gasteiger partial charge in [-0.3, -0.25) is 0 Å². The van der Waals surface area contributed by atoms with Crippen LogP contribution in [0.3, 0.4) is 0 Å². The second-order valence-electron chi connectivity index (χ2n) is 5.03. The number of benzene rings is 2. The Bertz CT molecular complexity index is 732. The van der Waals surface area contributed by atoms with Crippen molar-refractivity contribution in [1.82, 2.24) is 4.72 Å². The molecule has 0 spiro atoms. The van der Waals surface area contributed by atoms with Crippen LogP contribution in [-0.4, -0.2) is 21.1 Å². The average Bonchev–Trinajstić information content (AvgIpc) is 2.46. The van der Waals surface area contributed by atoms with Crippen LogP contribution in [0.15, 0.2) is 53.4 Å². The fourth-order valence-corrected chi connectivity index (χ4v) is 3.07. The van der Waals surface area contributed by atoms with Crippen LogP contribution in [0.4, 0.5) is 4.39 Å². The highest BCUT2D eigenvalue weighted by Gasteiger charge is 2.19. The van der Waals surface area contributed by atoms with Crippen LogP contribution in [0.2, 0.25) is 0 Å². The van der Waals surface area contributed by atoms with E-state index in [0.717, 1.165) is 0 Å². The molecule has 6 heteroatoms. The van der Waals surface area contributed by atoms with Crippen molar-refractivity contribution in [1.29, 1.82) is 0 Å². The number of ether oxygens (including phenoxy) is 1. The number of aryl methyl sites for hydroxylation is 1. The maximum absolute atomic E-state index is 13.8. The lowest BCUT2D eigenvalue weighted by atomic mass is 10.2. The van der Waals surface area contributed by atoms with Crippen LogP contribution in [-0.2, 0) is 10.0 Å². The maximum Gasteiger partial charge on any atom is 0.243 e. The molecule has 0 heterocycles. The summed E-state index contributed by atoms with van der Waals surface area (Å²) in [5.74, 6) is -0.111. The predicted molar refractivity (Wildman–Crippen MR) is 82.9 cm³/mol. The molecule has 2 aromatic carbocycles. The van der Waals surface area contributed by atoms with Crippen molar-refractivity contribution in [3.05, 3.63) is 59.9 Å². The highest BCUT2D eigenvalue weighted by atomic mass is 32.2. The Morgan fingerprint density at radius 3 is 2.50 bits per heavy atom. The van der Waals surface area contributed by atoms with E-state index in [9.17, 15) is 12.8 Å². The first kappa shape index (κ1) is 16.5. The van der Waals surface area contributed by atoms with Gasteiger partial charge in [-0.2, -0.15) is 0 Å². The highest BCUT2D eigenvalue weighted by Crippen LogP contribution is 2.16. The zero-order chi connectivity index (χ0) is 16.2. The molecule has 0 fully saturated rings. The smallest absolute Gasteiger partial charge is 0.243 e. The van der Waals surface area contributed by atoms with Crippen LogP contribution >= 0.6 is 0 Å². The van der Waals surface area contributed by atoms with Crippen molar-refractivity contribution in [3.8, 4) is 5.75 Å². The molecule has 2 rings (SSSR count). The Kier molecular flexibility index (Phi) is 5.15. The summed E-state index contributed by atoms with van der Waals surface area (Å²) in [4.78, 5) is -0.356. The number of sulfonamides is 1. The quantitative estimate of drug-likeness (QED) is 0.889. The molecule has 0 aliphatic rings. The first-order chi connectivity index (χ1) is 10.4. The molecular weight excluding hydrogens is 305 g/mol. The van der Waals surface area contributed by atoms with Gasteiger partial charge in [-0.05, 0) is 43.7 Å². The topological polar surface area (TPSA) is 55.4 Å². The Labute approximate surface area is 130 Å². The lowest BCUT2D eigenvalue weighted by Crippen LogP contribution is -2.34. The molecule has 4 nitrogen and oxygen atoms in total. The van der Waals surface area contributed by atoms with E-state index in [-0.39, 0.29) is 17.5 Å². The van der Waals surface area contributed by atoms with Crippen molar-refractivity contribution in [2.45, 2.75) is 24.8 Å². The average molecular weight is 323 g/mol. The predicted octanol–water partition coefficient (Wildman–Crippen LogP) is 2.88. The molecule has 0 aliphatic carbocycles. The summed E-state index contributed by atoms with van der Waals surface area (Å²) in [6, 6.07) is 13.1. The number of hydrogen-bond acceptors (Lipinski definition) is 3. The molecule has 0 amide bonds. The number of hydrogen-bond donors (Lipinski definition) is 1. The minimum Gasteiger partial charge on any atom is -0.489 e. The Morgan fingerprint density at radius 1 is 1.18 bits per heavy atom. The third kappa shape index (κ3) is 4.29. The molecule has 118 valence electrons. The maximum atomic E-state index is 13.8. The van der Waals surface area contributed by atoms with Gasteiger partial charge in [-0.1, -0.05) is 24.3 Å². The van der Waals surface area contributed by atoms with Gasteiger partial charge in [0.15, 0.2) is 0 Å². The van der Waals surface area contributed by atoms with Crippen LogP contribution in [0.25, 0.3) is 0 Å². The van der Waals surface area contributed by atoms with E-state index < -0.39 is 15.8 Å². The van der Waals surface area contributed by atoms with Crippen LogP contribution in [0.5, 0.6) is 5.75 Å². The van der Waals surface area contributed by atoms with E-state index >= 15 is 0 Å². The highest BCUT2D eigenvalue weighted by molar-refractivity contribution is 7.89. The van der Waals surface area contributed by atoms with Gasteiger partial charge >= 0.3 is 0 Å². The largest absolute Gasteiger partial charge is 0.489 e. The zero-order valence-corrected chi connectivity index (χ0v) is 13.2. The molecule has 0 saturated carbocycles. The van der Waals surface area contributed by atoms with Gasteiger partial charge in [0.05, 0.1) is 0 Å². The summed E-state index contributed by atoms with van der Waals surface area (Å²) in [7, 11) is -3.90. The third-order valence-electron chi connectivity index (χ3n) is 3.02. The first-order valence-corrected chi connectivity index (χ1v) is 8.34. The van der Waals surface area contributed by atoms with Gasteiger partial charge in [0.25, 0.3) is 0 Å². The second-order valence-corrected chi connectivity index (χ2v) is 6.76. The Balaban J connectivity index is 2.00. The van der Waals surface area contributed by atoms with E-state index in [2.05, 4.69) is 4.72 Å². The summed E-state index contributed by atoms with van der Waals surface area (Å²) in [5, 5.41) is 0. The lowest BCUT2D eigenvalue weighted by molar-refractivity contribution is 0.225. The summed E-state index contributed by atoms with van der Waals surface area (Å²) in [6.07, 6.45) is -0.384. The molecule has 0 aliphatic heterocycles. The minimum absolute atomic E-state index is 0.0462. The fraction of sp³-hybridized carbons (Fsp3) is 0.250. The van der Waals surface area contributed by atoms with Crippen LogP contribution < -0.4 is 9.46 Å². The van der Waals surface area contributed by atoms with Gasteiger partial charge in [-0.25, -0.2) is 17.5 Å². The van der Waals surface area contributed by atoms with Gasteiger partial charge in [-0.15, -0.1) is 0 Å². The summed E-state index contributed by atoms with van der Waals surface area (Å²) >= 11 is 0. The van der Waals surface area contributed by atoms with E-state index in [4.69, 9.17) is 4.74 Å². The number of para-hydroxylation sites is 1. The standard InChI is InChI=1S/C16H18FNO3S/c1-12-8-9-16(15(17)10-12)22(19,20)18-11-13(2)21-14-6-4-3-5-7-14/h3-10,13,18H,11H2,1-2H3. The molecular formula is C16H18FNO3S. The molecule has 0 aromatic heterocycles. The van der Waals surface area contributed by atoms with Gasteiger partial charge in [0, 0.05) is 6.54 Å². The SMILES string of the molecule is Cc1ccc(S(=O)(=O)NCC(C)Oc2ccccc2)c(F)c1. The molecule has 0 saturated heterocycles. The fourth-order valence-electron chi connectivity index (χ4n) is 1.90. The molecule has 1 N–H and O–H groups in total.